The summed E-state index contributed by atoms with van der Waals surface area (Å²) in [5.41, 5.74) is 5.96. The molecule has 1 aromatic carbocycles. The van der Waals surface area contributed by atoms with E-state index in [1.165, 1.54) is 29.5 Å². The number of hydrogen-bond donors (Lipinski definition) is 1. The SMILES string of the molecule is CNc1nc(C2CC2)nc(-c2cc(C)ccc2C)c1C. The van der Waals surface area contributed by atoms with Crippen LogP contribution in [-0.2, 0) is 0 Å². The standard InChI is InChI=1S/C17H21N3/c1-10-5-6-11(2)14(9-10)15-12(3)16(18-4)20-17(19-15)13-7-8-13/h5-6,9,13H,7-8H2,1-4H3,(H,18,19,20). The molecule has 0 atom stereocenters. The van der Waals surface area contributed by atoms with E-state index in [0.29, 0.717) is 5.92 Å². The normalized spacial score (nSPS) is 14.4. The third-order valence-corrected chi connectivity index (χ3v) is 3.99. The van der Waals surface area contributed by atoms with Crippen molar-refractivity contribution >= 4 is 5.82 Å². The number of benzene rings is 1. The van der Waals surface area contributed by atoms with Gasteiger partial charge in [-0.3, -0.25) is 0 Å². The minimum Gasteiger partial charge on any atom is -0.373 e. The van der Waals surface area contributed by atoms with Crippen molar-refractivity contribution in [1.82, 2.24) is 9.97 Å². The van der Waals surface area contributed by atoms with Crippen molar-refractivity contribution in [3.05, 3.63) is 40.7 Å². The summed E-state index contributed by atoms with van der Waals surface area (Å²) >= 11 is 0. The molecule has 20 heavy (non-hydrogen) atoms. The summed E-state index contributed by atoms with van der Waals surface area (Å²) < 4.78 is 0. The third-order valence-electron chi connectivity index (χ3n) is 3.99. The Balaban J connectivity index is 2.20. The van der Waals surface area contributed by atoms with E-state index in [1.54, 1.807) is 0 Å². The first kappa shape index (κ1) is 13.1. The summed E-state index contributed by atoms with van der Waals surface area (Å²) in [5.74, 6) is 2.51. The summed E-state index contributed by atoms with van der Waals surface area (Å²) in [6.07, 6.45) is 2.44. The smallest absolute Gasteiger partial charge is 0.134 e. The van der Waals surface area contributed by atoms with Crippen LogP contribution in [0.2, 0.25) is 0 Å². The molecular weight excluding hydrogens is 246 g/mol. The highest BCUT2D eigenvalue weighted by Crippen LogP contribution is 2.40. The zero-order valence-electron chi connectivity index (χ0n) is 12.6. The Bertz CT molecular complexity index is 658. The Kier molecular flexibility index (Phi) is 3.20. The summed E-state index contributed by atoms with van der Waals surface area (Å²) in [6.45, 7) is 6.37. The summed E-state index contributed by atoms with van der Waals surface area (Å²) in [6, 6.07) is 6.54. The molecule has 1 aliphatic carbocycles. The Morgan fingerprint density at radius 1 is 1.10 bits per heavy atom. The molecule has 1 fully saturated rings. The van der Waals surface area contributed by atoms with Crippen LogP contribution in [0, 0.1) is 20.8 Å². The van der Waals surface area contributed by atoms with Crippen molar-refractivity contribution < 1.29 is 0 Å². The molecule has 1 heterocycles. The lowest BCUT2D eigenvalue weighted by Crippen LogP contribution is -2.05. The summed E-state index contributed by atoms with van der Waals surface area (Å²) in [7, 11) is 1.93. The zero-order chi connectivity index (χ0) is 14.3. The van der Waals surface area contributed by atoms with Crippen LogP contribution in [0.1, 0.15) is 41.3 Å². The minimum absolute atomic E-state index is 0.562. The van der Waals surface area contributed by atoms with Gasteiger partial charge in [0.25, 0.3) is 0 Å². The van der Waals surface area contributed by atoms with Gasteiger partial charge in [0, 0.05) is 24.1 Å². The quantitative estimate of drug-likeness (QED) is 0.913. The second-order valence-corrected chi connectivity index (χ2v) is 5.75. The van der Waals surface area contributed by atoms with E-state index in [1.807, 2.05) is 7.05 Å². The van der Waals surface area contributed by atoms with Crippen LogP contribution in [0.15, 0.2) is 18.2 Å². The van der Waals surface area contributed by atoms with Gasteiger partial charge in [-0.05, 0) is 45.2 Å². The van der Waals surface area contributed by atoms with Crippen molar-refractivity contribution in [2.24, 2.45) is 0 Å². The lowest BCUT2D eigenvalue weighted by atomic mass is 9.99. The molecule has 1 N–H and O–H groups in total. The zero-order valence-corrected chi connectivity index (χ0v) is 12.6. The van der Waals surface area contributed by atoms with E-state index >= 15 is 0 Å². The Morgan fingerprint density at radius 2 is 1.85 bits per heavy atom. The fourth-order valence-corrected chi connectivity index (χ4v) is 2.55. The van der Waals surface area contributed by atoms with Crippen molar-refractivity contribution in [1.29, 1.82) is 0 Å². The van der Waals surface area contributed by atoms with Crippen LogP contribution in [0.4, 0.5) is 5.82 Å². The fraction of sp³-hybridized carbons (Fsp3) is 0.412. The second-order valence-electron chi connectivity index (χ2n) is 5.75. The maximum absolute atomic E-state index is 4.86. The van der Waals surface area contributed by atoms with Gasteiger partial charge in [0.15, 0.2) is 0 Å². The Hall–Kier alpha value is -1.90. The lowest BCUT2D eigenvalue weighted by molar-refractivity contribution is 0.923. The highest BCUT2D eigenvalue weighted by molar-refractivity contribution is 5.71. The Labute approximate surface area is 120 Å². The average molecular weight is 267 g/mol. The van der Waals surface area contributed by atoms with E-state index < -0.39 is 0 Å². The predicted molar refractivity (Wildman–Crippen MR) is 83.2 cm³/mol. The minimum atomic E-state index is 0.562. The first-order chi connectivity index (χ1) is 9.60. The van der Waals surface area contributed by atoms with Crippen LogP contribution in [0.3, 0.4) is 0 Å². The molecule has 0 bridgehead atoms. The van der Waals surface area contributed by atoms with E-state index in [0.717, 1.165) is 22.9 Å². The van der Waals surface area contributed by atoms with E-state index in [4.69, 9.17) is 4.98 Å². The summed E-state index contributed by atoms with van der Waals surface area (Å²) in [5, 5.41) is 3.21. The van der Waals surface area contributed by atoms with Gasteiger partial charge in [0.2, 0.25) is 0 Å². The molecule has 3 nitrogen and oxygen atoms in total. The largest absolute Gasteiger partial charge is 0.373 e. The molecule has 0 unspecified atom stereocenters. The first-order valence-corrected chi connectivity index (χ1v) is 7.24. The number of anilines is 1. The molecule has 3 heteroatoms. The van der Waals surface area contributed by atoms with Gasteiger partial charge >= 0.3 is 0 Å². The monoisotopic (exact) mass is 267 g/mol. The van der Waals surface area contributed by atoms with Crippen LogP contribution >= 0.6 is 0 Å². The second kappa shape index (κ2) is 4.89. The van der Waals surface area contributed by atoms with Gasteiger partial charge in [0.1, 0.15) is 11.6 Å². The van der Waals surface area contributed by atoms with Crippen LogP contribution in [0.25, 0.3) is 11.3 Å². The molecular formula is C17H21N3. The molecule has 0 spiro atoms. The topological polar surface area (TPSA) is 37.8 Å². The van der Waals surface area contributed by atoms with Gasteiger partial charge in [0.05, 0.1) is 5.69 Å². The highest BCUT2D eigenvalue weighted by Gasteiger charge is 2.28. The van der Waals surface area contributed by atoms with E-state index in [9.17, 15) is 0 Å². The van der Waals surface area contributed by atoms with Crippen molar-refractivity contribution in [3.63, 3.8) is 0 Å². The maximum atomic E-state index is 4.86. The third kappa shape index (κ3) is 2.28. The maximum Gasteiger partial charge on any atom is 0.134 e. The molecule has 1 saturated carbocycles. The van der Waals surface area contributed by atoms with Crippen molar-refractivity contribution in [3.8, 4) is 11.3 Å². The molecule has 2 aromatic rings. The molecule has 104 valence electrons. The van der Waals surface area contributed by atoms with Gasteiger partial charge in [-0.25, -0.2) is 9.97 Å². The van der Waals surface area contributed by atoms with Crippen LogP contribution in [-0.4, -0.2) is 17.0 Å². The van der Waals surface area contributed by atoms with Crippen molar-refractivity contribution in [2.75, 3.05) is 12.4 Å². The molecule has 1 aliphatic rings. The number of hydrogen-bond acceptors (Lipinski definition) is 3. The average Bonchev–Trinajstić information content (AvgIpc) is 3.26. The van der Waals surface area contributed by atoms with Gasteiger partial charge < -0.3 is 5.32 Å². The lowest BCUT2D eigenvalue weighted by Gasteiger charge is -2.14. The van der Waals surface area contributed by atoms with Gasteiger partial charge in [-0.2, -0.15) is 0 Å². The van der Waals surface area contributed by atoms with Gasteiger partial charge in [-0.1, -0.05) is 17.7 Å². The van der Waals surface area contributed by atoms with E-state index in [-0.39, 0.29) is 0 Å². The van der Waals surface area contributed by atoms with Gasteiger partial charge in [-0.15, -0.1) is 0 Å². The van der Waals surface area contributed by atoms with Crippen LogP contribution in [0.5, 0.6) is 0 Å². The number of nitrogens with one attached hydrogen (secondary N) is 1. The molecule has 0 aliphatic heterocycles. The Morgan fingerprint density at radius 3 is 2.50 bits per heavy atom. The number of aryl methyl sites for hydroxylation is 2. The number of rotatable bonds is 3. The molecule has 1 aromatic heterocycles. The highest BCUT2D eigenvalue weighted by atomic mass is 15.0. The number of nitrogens with zero attached hydrogens (tertiary/aromatic N) is 2. The fourth-order valence-electron chi connectivity index (χ4n) is 2.55. The molecule has 0 radical (unpaired) electrons. The summed E-state index contributed by atoms with van der Waals surface area (Å²) in [4.78, 5) is 9.53. The number of aromatic nitrogens is 2. The molecule has 0 saturated heterocycles. The molecule has 0 amide bonds. The van der Waals surface area contributed by atoms with Crippen molar-refractivity contribution in [2.45, 2.75) is 39.5 Å². The van der Waals surface area contributed by atoms with E-state index in [2.05, 4.69) is 49.3 Å². The first-order valence-electron chi connectivity index (χ1n) is 7.24. The predicted octanol–water partition coefficient (Wildman–Crippen LogP) is 3.99. The molecule has 3 rings (SSSR count). The van der Waals surface area contributed by atoms with Crippen LogP contribution < -0.4 is 5.32 Å².